The normalized spacial score (nSPS) is 53.4. The minimum absolute atomic E-state index is 0.0590. The Morgan fingerprint density at radius 3 is 1.60 bits per heavy atom. The maximum absolute atomic E-state index is 9.35. The van der Waals surface area contributed by atoms with E-state index >= 15 is 0 Å². The first kappa shape index (κ1) is 6.51. The van der Waals surface area contributed by atoms with Crippen molar-refractivity contribution in [1.29, 1.82) is 0 Å². The van der Waals surface area contributed by atoms with Crippen LogP contribution < -0.4 is 0 Å². The first-order chi connectivity index (χ1) is 4.62. The summed E-state index contributed by atoms with van der Waals surface area (Å²) in [6.45, 7) is 0.177. The predicted octanol–water partition coefficient (Wildman–Crippen LogP) is -1.60. The molecule has 3 aliphatic heterocycles. The minimum atomic E-state index is -1.90. The van der Waals surface area contributed by atoms with Crippen molar-refractivity contribution >= 4 is 0 Å². The van der Waals surface area contributed by atoms with Gasteiger partial charge in [0, 0.05) is 0 Å². The molecule has 5 nitrogen and oxygen atoms in total. The molecule has 5 heteroatoms. The Hall–Kier alpha value is -0.200. The molecule has 10 heavy (non-hydrogen) atoms. The molecule has 58 valence electrons. The molecule has 0 saturated carbocycles. The SMILES string of the molecule is OC12COC(O)(OC1)OC2. The summed E-state index contributed by atoms with van der Waals surface area (Å²) >= 11 is 0. The van der Waals surface area contributed by atoms with E-state index in [1.807, 2.05) is 0 Å². The Morgan fingerprint density at radius 2 is 1.30 bits per heavy atom. The molecule has 3 fully saturated rings. The topological polar surface area (TPSA) is 68.2 Å². The lowest BCUT2D eigenvalue weighted by molar-refractivity contribution is -0.553. The van der Waals surface area contributed by atoms with E-state index in [1.54, 1.807) is 0 Å². The lowest BCUT2D eigenvalue weighted by Gasteiger charge is -2.45. The van der Waals surface area contributed by atoms with Crippen LogP contribution >= 0.6 is 0 Å². The van der Waals surface area contributed by atoms with Gasteiger partial charge in [0.1, 0.15) is 5.60 Å². The van der Waals surface area contributed by atoms with Crippen LogP contribution in [0.1, 0.15) is 0 Å². The van der Waals surface area contributed by atoms with Crippen molar-refractivity contribution in [2.45, 2.75) is 11.8 Å². The van der Waals surface area contributed by atoms with Gasteiger partial charge in [-0.25, -0.2) is 0 Å². The van der Waals surface area contributed by atoms with Crippen LogP contribution in [0.15, 0.2) is 0 Å². The van der Waals surface area contributed by atoms with Crippen LogP contribution in [-0.4, -0.2) is 41.8 Å². The lowest BCUT2D eigenvalue weighted by atomic mass is 10.1. The highest BCUT2D eigenvalue weighted by atomic mass is 17.0. The zero-order valence-corrected chi connectivity index (χ0v) is 5.24. The van der Waals surface area contributed by atoms with Gasteiger partial charge in [-0.3, -0.25) is 0 Å². The van der Waals surface area contributed by atoms with E-state index < -0.39 is 11.8 Å². The van der Waals surface area contributed by atoms with E-state index in [4.69, 9.17) is 5.11 Å². The average molecular weight is 148 g/mol. The fraction of sp³-hybridized carbons (Fsp3) is 1.00. The molecule has 3 saturated heterocycles. The highest BCUT2D eigenvalue weighted by molar-refractivity contribution is 4.84. The number of hydrogen-bond acceptors (Lipinski definition) is 5. The monoisotopic (exact) mass is 148 g/mol. The van der Waals surface area contributed by atoms with Gasteiger partial charge in [0.25, 0.3) is 0 Å². The standard InChI is InChI=1S/C5H8O5/c6-4-1-8-5(7,9-2-4)10-3-4/h6-7H,1-3H2. The molecule has 0 aromatic heterocycles. The fourth-order valence-electron chi connectivity index (χ4n) is 0.927. The smallest absolute Gasteiger partial charge is 0.383 e. The average Bonchev–Trinajstić information content (AvgIpc) is 1.93. The summed E-state index contributed by atoms with van der Waals surface area (Å²) in [6, 6.07) is 0. The second-order valence-corrected chi connectivity index (χ2v) is 2.61. The molecule has 2 bridgehead atoms. The van der Waals surface area contributed by atoms with Crippen LogP contribution in [0.25, 0.3) is 0 Å². The Morgan fingerprint density at radius 1 is 0.900 bits per heavy atom. The number of fused-ring (bicyclic) bond motifs is 3. The van der Waals surface area contributed by atoms with Crippen molar-refractivity contribution in [1.82, 2.24) is 0 Å². The first-order valence-electron chi connectivity index (χ1n) is 2.99. The van der Waals surface area contributed by atoms with Gasteiger partial charge in [0.15, 0.2) is 0 Å². The van der Waals surface area contributed by atoms with Gasteiger partial charge in [0.2, 0.25) is 0 Å². The van der Waals surface area contributed by atoms with Crippen molar-refractivity contribution in [2.75, 3.05) is 19.8 Å². The third kappa shape index (κ3) is 0.834. The maximum Gasteiger partial charge on any atom is 0.410 e. The van der Waals surface area contributed by atoms with Crippen LogP contribution in [0.5, 0.6) is 0 Å². The molecular weight excluding hydrogens is 140 g/mol. The molecule has 3 aliphatic rings. The molecule has 0 aromatic rings. The highest BCUT2D eigenvalue weighted by Crippen LogP contribution is 2.30. The first-order valence-corrected chi connectivity index (χ1v) is 2.99. The molecule has 0 radical (unpaired) electrons. The van der Waals surface area contributed by atoms with Gasteiger partial charge >= 0.3 is 6.16 Å². The second-order valence-electron chi connectivity index (χ2n) is 2.61. The van der Waals surface area contributed by atoms with E-state index in [2.05, 4.69) is 14.2 Å². The van der Waals surface area contributed by atoms with Crippen molar-refractivity contribution in [2.24, 2.45) is 0 Å². The van der Waals surface area contributed by atoms with Crippen LogP contribution in [0, 0.1) is 0 Å². The van der Waals surface area contributed by atoms with Crippen LogP contribution in [0.4, 0.5) is 0 Å². The molecule has 0 spiro atoms. The quantitative estimate of drug-likeness (QED) is 0.433. The van der Waals surface area contributed by atoms with Gasteiger partial charge in [-0.2, -0.15) is 0 Å². The lowest BCUT2D eigenvalue weighted by Crippen LogP contribution is -2.63. The molecular formula is C5H8O5. The third-order valence-electron chi connectivity index (χ3n) is 1.57. The molecule has 0 unspecified atom stereocenters. The summed E-state index contributed by atoms with van der Waals surface area (Å²) in [6.07, 6.45) is -1.90. The molecule has 0 aliphatic carbocycles. The van der Waals surface area contributed by atoms with Crippen molar-refractivity contribution < 1.29 is 24.4 Å². The molecule has 0 atom stereocenters. The zero-order chi connectivity index (χ0) is 7.24. The van der Waals surface area contributed by atoms with Gasteiger partial charge in [-0.05, 0) is 0 Å². The summed E-state index contributed by atoms with van der Waals surface area (Å²) in [7, 11) is 0. The van der Waals surface area contributed by atoms with Gasteiger partial charge < -0.3 is 24.4 Å². The Bertz CT molecular complexity index is 114. The van der Waals surface area contributed by atoms with Crippen LogP contribution in [0.3, 0.4) is 0 Å². The van der Waals surface area contributed by atoms with E-state index in [0.29, 0.717) is 0 Å². The molecule has 0 amide bonds. The molecule has 2 N–H and O–H groups in total. The van der Waals surface area contributed by atoms with Crippen molar-refractivity contribution in [3.63, 3.8) is 0 Å². The maximum atomic E-state index is 9.35. The van der Waals surface area contributed by atoms with E-state index in [1.165, 1.54) is 0 Å². The molecule has 3 rings (SSSR count). The predicted molar refractivity (Wildman–Crippen MR) is 27.8 cm³/mol. The Kier molecular flexibility index (Phi) is 1.10. The van der Waals surface area contributed by atoms with Crippen LogP contribution in [0.2, 0.25) is 0 Å². The summed E-state index contributed by atoms with van der Waals surface area (Å²) in [5, 5.41) is 18.4. The van der Waals surface area contributed by atoms with Crippen molar-refractivity contribution in [3.8, 4) is 0 Å². The Balaban J connectivity index is 2.16. The molecule has 3 heterocycles. The number of aliphatic hydroxyl groups is 2. The van der Waals surface area contributed by atoms with E-state index in [-0.39, 0.29) is 19.8 Å². The summed E-state index contributed by atoms with van der Waals surface area (Å²) in [5.74, 6) is 0. The second kappa shape index (κ2) is 1.69. The molecule has 0 aromatic carbocycles. The van der Waals surface area contributed by atoms with Gasteiger partial charge in [0.05, 0.1) is 19.8 Å². The summed E-state index contributed by atoms with van der Waals surface area (Å²) in [4.78, 5) is 0. The minimum Gasteiger partial charge on any atom is -0.383 e. The van der Waals surface area contributed by atoms with E-state index in [9.17, 15) is 5.11 Å². The highest BCUT2D eigenvalue weighted by Gasteiger charge is 2.51. The van der Waals surface area contributed by atoms with Gasteiger partial charge in [-0.15, -0.1) is 0 Å². The number of ether oxygens (including phenoxy) is 3. The summed E-state index contributed by atoms with van der Waals surface area (Å²) in [5.41, 5.74) is -1.06. The largest absolute Gasteiger partial charge is 0.410 e. The fourth-order valence-corrected chi connectivity index (χ4v) is 0.927. The zero-order valence-electron chi connectivity index (χ0n) is 5.24. The van der Waals surface area contributed by atoms with Crippen LogP contribution in [-0.2, 0) is 14.2 Å². The summed E-state index contributed by atoms with van der Waals surface area (Å²) < 4.78 is 13.9. The third-order valence-corrected chi connectivity index (χ3v) is 1.57. The van der Waals surface area contributed by atoms with E-state index in [0.717, 1.165) is 0 Å². The van der Waals surface area contributed by atoms with Gasteiger partial charge in [-0.1, -0.05) is 0 Å². The Labute approximate surface area is 57.1 Å². The van der Waals surface area contributed by atoms with Crippen molar-refractivity contribution in [3.05, 3.63) is 0 Å². The number of rotatable bonds is 0. The number of hydrogen-bond donors (Lipinski definition) is 2.